The maximum Gasteiger partial charge on any atom is 0.344 e. The Morgan fingerprint density at radius 3 is 2.66 bits per heavy atom. The molecule has 0 aliphatic carbocycles. The maximum atomic E-state index is 12.8. The minimum atomic E-state index is -0.676. The van der Waals surface area contributed by atoms with Gasteiger partial charge in [-0.15, -0.1) is 0 Å². The van der Waals surface area contributed by atoms with Crippen LogP contribution >= 0.6 is 0 Å². The number of nitrogens with zero attached hydrogens (tertiary/aromatic N) is 1. The summed E-state index contributed by atoms with van der Waals surface area (Å²) in [4.78, 5) is 26.5. The number of para-hydroxylation sites is 2. The monoisotopic (exact) mass is 396 g/mol. The van der Waals surface area contributed by atoms with E-state index in [-0.39, 0.29) is 19.1 Å². The fraction of sp³-hybridized carbons (Fsp3) is 0.391. The number of carbonyl (C=O) groups excluding carboxylic acids is 2. The average Bonchev–Trinajstić information content (AvgIpc) is 2.68. The van der Waals surface area contributed by atoms with Gasteiger partial charge < -0.3 is 19.7 Å². The van der Waals surface area contributed by atoms with E-state index in [2.05, 4.69) is 5.32 Å². The van der Waals surface area contributed by atoms with Gasteiger partial charge in [-0.1, -0.05) is 24.3 Å². The predicted octanol–water partition coefficient (Wildman–Crippen LogP) is 3.85. The van der Waals surface area contributed by atoms with Crippen molar-refractivity contribution in [2.75, 3.05) is 30.0 Å². The van der Waals surface area contributed by atoms with Gasteiger partial charge in [0.2, 0.25) is 0 Å². The Hall–Kier alpha value is -3.02. The fourth-order valence-electron chi connectivity index (χ4n) is 3.34. The number of ether oxygens (including phenoxy) is 2. The number of hydrogen-bond donors (Lipinski definition) is 1. The summed E-state index contributed by atoms with van der Waals surface area (Å²) in [5.74, 6) is 0.270. The van der Waals surface area contributed by atoms with Gasteiger partial charge in [0.05, 0.1) is 18.0 Å². The molecule has 0 saturated carbocycles. The predicted molar refractivity (Wildman–Crippen MR) is 113 cm³/mol. The van der Waals surface area contributed by atoms with Crippen LogP contribution < -0.4 is 15.0 Å². The van der Waals surface area contributed by atoms with Crippen molar-refractivity contribution in [3.63, 3.8) is 0 Å². The molecule has 1 aliphatic heterocycles. The van der Waals surface area contributed by atoms with Gasteiger partial charge in [0, 0.05) is 6.54 Å². The van der Waals surface area contributed by atoms with E-state index in [0.717, 1.165) is 22.5 Å². The first-order valence-corrected chi connectivity index (χ1v) is 9.83. The van der Waals surface area contributed by atoms with Crippen molar-refractivity contribution in [3.8, 4) is 5.75 Å². The molecule has 6 heteroatoms. The number of carbonyl (C=O) groups is 2. The van der Waals surface area contributed by atoms with E-state index < -0.39 is 11.5 Å². The van der Waals surface area contributed by atoms with Gasteiger partial charge in [-0.25, -0.2) is 4.79 Å². The maximum absolute atomic E-state index is 12.8. The first-order valence-electron chi connectivity index (χ1n) is 9.83. The summed E-state index contributed by atoms with van der Waals surface area (Å²) < 4.78 is 10.9. The molecule has 154 valence electrons. The van der Waals surface area contributed by atoms with Crippen molar-refractivity contribution in [1.29, 1.82) is 0 Å². The third-order valence-corrected chi connectivity index (χ3v) is 5.11. The lowest BCUT2D eigenvalue weighted by Gasteiger charge is -2.39. The highest BCUT2D eigenvalue weighted by molar-refractivity contribution is 6.07. The molecule has 1 N–H and O–H groups in total. The van der Waals surface area contributed by atoms with Crippen LogP contribution in [-0.2, 0) is 14.3 Å². The van der Waals surface area contributed by atoms with Crippen LogP contribution in [0.4, 0.5) is 11.4 Å². The molecule has 2 aromatic rings. The Morgan fingerprint density at radius 1 is 1.10 bits per heavy atom. The van der Waals surface area contributed by atoms with E-state index in [9.17, 15) is 9.59 Å². The van der Waals surface area contributed by atoms with E-state index in [0.29, 0.717) is 18.7 Å². The zero-order valence-electron chi connectivity index (χ0n) is 17.5. The SMILES string of the molecule is Cc1cccc(OCC(=O)OCCCN2C(=O)C(C)(C)Nc3ccccc32)c1C. The molecule has 0 unspecified atom stereocenters. The first-order chi connectivity index (χ1) is 13.8. The minimum absolute atomic E-state index is 0.000725. The molecule has 0 atom stereocenters. The standard InChI is InChI=1S/C23H28N2O4/c1-16-9-7-12-20(17(16)2)29-15-21(26)28-14-8-13-25-19-11-6-5-10-18(19)24-23(3,4)22(25)27/h5-7,9-12,24H,8,13-15H2,1-4H3. The molecule has 0 fully saturated rings. The van der Waals surface area contributed by atoms with Crippen molar-refractivity contribution in [2.24, 2.45) is 0 Å². The Morgan fingerprint density at radius 2 is 1.86 bits per heavy atom. The first kappa shape index (κ1) is 20.7. The van der Waals surface area contributed by atoms with E-state index in [1.807, 2.05) is 70.2 Å². The smallest absolute Gasteiger partial charge is 0.344 e. The number of hydrogen-bond acceptors (Lipinski definition) is 5. The molecule has 1 aliphatic rings. The van der Waals surface area contributed by atoms with Crippen molar-refractivity contribution in [3.05, 3.63) is 53.6 Å². The zero-order chi connectivity index (χ0) is 21.0. The second-order valence-electron chi connectivity index (χ2n) is 7.78. The number of anilines is 2. The summed E-state index contributed by atoms with van der Waals surface area (Å²) in [6.07, 6.45) is 0.547. The van der Waals surface area contributed by atoms with Crippen LogP contribution in [0.25, 0.3) is 0 Å². The topological polar surface area (TPSA) is 67.9 Å². The fourth-order valence-corrected chi connectivity index (χ4v) is 3.34. The lowest BCUT2D eigenvalue weighted by Crippen LogP contribution is -2.54. The molecular weight excluding hydrogens is 368 g/mol. The molecule has 6 nitrogen and oxygen atoms in total. The second kappa shape index (κ2) is 8.55. The van der Waals surface area contributed by atoms with Crippen LogP contribution in [0.3, 0.4) is 0 Å². The highest BCUT2D eigenvalue weighted by atomic mass is 16.6. The molecule has 0 aromatic heterocycles. The summed E-state index contributed by atoms with van der Waals surface area (Å²) in [6.45, 7) is 8.26. The Bertz CT molecular complexity index is 908. The molecule has 1 amide bonds. The van der Waals surface area contributed by atoms with E-state index in [1.165, 1.54) is 0 Å². The van der Waals surface area contributed by atoms with Crippen LogP contribution in [0.1, 0.15) is 31.4 Å². The van der Waals surface area contributed by atoms with Gasteiger partial charge in [0.1, 0.15) is 11.3 Å². The van der Waals surface area contributed by atoms with Crippen molar-refractivity contribution < 1.29 is 19.1 Å². The van der Waals surface area contributed by atoms with Crippen LogP contribution in [-0.4, -0.2) is 37.2 Å². The summed E-state index contributed by atoms with van der Waals surface area (Å²) in [5.41, 5.74) is 3.22. The Labute approximate surface area is 171 Å². The third-order valence-electron chi connectivity index (χ3n) is 5.11. The lowest BCUT2D eigenvalue weighted by atomic mass is 9.98. The number of esters is 1. The number of benzene rings is 2. The Kier molecular flexibility index (Phi) is 6.11. The largest absolute Gasteiger partial charge is 0.482 e. The normalized spacial score (nSPS) is 14.8. The van der Waals surface area contributed by atoms with Crippen LogP contribution in [0.2, 0.25) is 0 Å². The second-order valence-corrected chi connectivity index (χ2v) is 7.78. The highest BCUT2D eigenvalue weighted by Gasteiger charge is 2.38. The van der Waals surface area contributed by atoms with E-state index >= 15 is 0 Å². The van der Waals surface area contributed by atoms with Crippen molar-refractivity contribution in [1.82, 2.24) is 0 Å². The molecule has 1 heterocycles. The molecule has 0 bridgehead atoms. The van der Waals surface area contributed by atoms with Crippen LogP contribution in [0.15, 0.2) is 42.5 Å². The summed E-state index contributed by atoms with van der Waals surface area (Å²) in [7, 11) is 0. The number of amides is 1. The van der Waals surface area contributed by atoms with Gasteiger partial charge >= 0.3 is 5.97 Å². The number of aryl methyl sites for hydroxylation is 1. The van der Waals surface area contributed by atoms with Crippen LogP contribution in [0.5, 0.6) is 5.75 Å². The summed E-state index contributed by atoms with van der Waals surface area (Å²) in [6, 6.07) is 13.5. The van der Waals surface area contributed by atoms with Gasteiger partial charge in [-0.3, -0.25) is 4.79 Å². The van der Waals surface area contributed by atoms with Crippen molar-refractivity contribution >= 4 is 23.3 Å². The van der Waals surface area contributed by atoms with E-state index in [4.69, 9.17) is 9.47 Å². The quantitative estimate of drug-likeness (QED) is 0.569. The van der Waals surface area contributed by atoms with Gasteiger partial charge in [-0.2, -0.15) is 0 Å². The van der Waals surface area contributed by atoms with Crippen molar-refractivity contribution in [2.45, 2.75) is 39.7 Å². The van der Waals surface area contributed by atoms with Gasteiger partial charge in [0.25, 0.3) is 5.91 Å². The average molecular weight is 396 g/mol. The summed E-state index contributed by atoms with van der Waals surface area (Å²) in [5, 5.41) is 3.27. The molecular formula is C23H28N2O4. The third kappa shape index (κ3) is 4.70. The number of fused-ring (bicyclic) bond motifs is 1. The Balaban J connectivity index is 1.49. The minimum Gasteiger partial charge on any atom is -0.482 e. The molecule has 0 saturated heterocycles. The number of nitrogens with one attached hydrogen (secondary N) is 1. The molecule has 3 rings (SSSR count). The summed E-state index contributed by atoms with van der Waals surface area (Å²) >= 11 is 0. The molecule has 2 aromatic carbocycles. The molecule has 0 spiro atoms. The lowest BCUT2D eigenvalue weighted by molar-refractivity contribution is -0.146. The highest BCUT2D eigenvalue weighted by Crippen LogP contribution is 2.34. The molecule has 0 radical (unpaired) electrons. The van der Waals surface area contributed by atoms with E-state index in [1.54, 1.807) is 4.90 Å². The zero-order valence-corrected chi connectivity index (χ0v) is 17.5. The van der Waals surface area contributed by atoms with Gasteiger partial charge in [0.15, 0.2) is 6.61 Å². The number of rotatable bonds is 7. The van der Waals surface area contributed by atoms with Gasteiger partial charge in [-0.05, 0) is 63.4 Å². The molecule has 29 heavy (non-hydrogen) atoms. The van der Waals surface area contributed by atoms with Crippen LogP contribution in [0, 0.1) is 13.8 Å².